The first-order chi connectivity index (χ1) is 13.1. The number of ether oxygens (including phenoxy) is 1. The Balaban J connectivity index is 1.42. The zero-order valence-corrected chi connectivity index (χ0v) is 14.2. The number of fused-ring (bicyclic) bond motifs is 1. The van der Waals surface area contributed by atoms with Gasteiger partial charge in [-0.15, -0.1) is 0 Å². The van der Waals surface area contributed by atoms with E-state index >= 15 is 0 Å². The van der Waals surface area contributed by atoms with Gasteiger partial charge in [-0.05, 0) is 31.2 Å². The van der Waals surface area contributed by atoms with Crippen LogP contribution in [0.2, 0.25) is 0 Å². The highest BCUT2D eigenvalue weighted by Crippen LogP contribution is 2.25. The Hall–Kier alpha value is -3.68. The molecule has 0 saturated carbocycles. The van der Waals surface area contributed by atoms with E-state index in [9.17, 15) is 14.4 Å². The lowest BCUT2D eigenvalue weighted by Gasteiger charge is -2.20. The third kappa shape index (κ3) is 2.91. The number of carbonyl (C=O) groups is 3. The Labute approximate surface area is 153 Å². The Morgan fingerprint density at radius 3 is 2.44 bits per heavy atom. The van der Waals surface area contributed by atoms with Gasteiger partial charge in [-0.3, -0.25) is 14.5 Å². The van der Waals surface area contributed by atoms with Crippen molar-refractivity contribution >= 4 is 17.8 Å². The maximum absolute atomic E-state index is 12.4. The number of carbonyl (C=O) groups excluding carboxylic acids is 3. The molecule has 1 aliphatic rings. The summed E-state index contributed by atoms with van der Waals surface area (Å²) in [6.07, 6.45) is 1.50. The van der Waals surface area contributed by atoms with Crippen molar-refractivity contribution in [2.24, 2.45) is 0 Å². The first-order valence-corrected chi connectivity index (χ1v) is 8.19. The number of amides is 2. The summed E-state index contributed by atoms with van der Waals surface area (Å²) in [5.74, 6) is -0.839. The molecule has 0 bridgehead atoms. The Morgan fingerprint density at radius 2 is 1.81 bits per heavy atom. The van der Waals surface area contributed by atoms with Gasteiger partial charge in [0.15, 0.2) is 5.76 Å². The van der Waals surface area contributed by atoms with Crippen LogP contribution in [0.3, 0.4) is 0 Å². The normalized spacial score (nSPS) is 14.3. The average Bonchev–Trinajstić information content (AvgIpc) is 3.41. The summed E-state index contributed by atoms with van der Waals surface area (Å²) in [7, 11) is 0. The smallest absolute Gasteiger partial charge is 0.329 e. The van der Waals surface area contributed by atoms with Crippen molar-refractivity contribution in [2.75, 3.05) is 0 Å². The van der Waals surface area contributed by atoms with Gasteiger partial charge in [-0.25, -0.2) is 4.79 Å². The molecule has 8 nitrogen and oxygen atoms in total. The highest BCUT2D eigenvalue weighted by Gasteiger charge is 2.41. The molecule has 2 amide bonds. The molecule has 3 heterocycles. The van der Waals surface area contributed by atoms with E-state index in [1.807, 2.05) is 0 Å². The molecule has 1 atom stereocenters. The van der Waals surface area contributed by atoms with Gasteiger partial charge in [0.05, 0.1) is 17.4 Å². The molecule has 8 heteroatoms. The van der Waals surface area contributed by atoms with Gasteiger partial charge < -0.3 is 13.7 Å². The first-order valence-electron chi connectivity index (χ1n) is 8.19. The highest BCUT2D eigenvalue weighted by atomic mass is 16.5. The molecule has 4 rings (SSSR count). The molecule has 3 aromatic rings. The van der Waals surface area contributed by atoms with E-state index in [1.54, 1.807) is 42.5 Å². The monoisotopic (exact) mass is 366 g/mol. The van der Waals surface area contributed by atoms with Crippen molar-refractivity contribution < 1.29 is 28.1 Å². The Bertz CT molecular complexity index is 986. The van der Waals surface area contributed by atoms with Crippen LogP contribution in [0, 0.1) is 0 Å². The maximum Gasteiger partial charge on any atom is 0.329 e. The molecule has 0 spiro atoms. The van der Waals surface area contributed by atoms with E-state index in [-0.39, 0.29) is 17.7 Å². The lowest BCUT2D eigenvalue weighted by atomic mass is 10.1. The van der Waals surface area contributed by atoms with Gasteiger partial charge in [-0.2, -0.15) is 0 Å². The fraction of sp³-hybridized carbons (Fsp3) is 0.158. The number of esters is 1. The minimum absolute atomic E-state index is 0.156. The topological polar surface area (TPSA) is 103 Å². The maximum atomic E-state index is 12.4. The second-order valence-electron chi connectivity index (χ2n) is 5.97. The van der Waals surface area contributed by atoms with Crippen molar-refractivity contribution in [2.45, 2.75) is 19.6 Å². The van der Waals surface area contributed by atoms with E-state index in [2.05, 4.69) is 5.16 Å². The lowest BCUT2D eigenvalue weighted by Crippen LogP contribution is -2.43. The van der Waals surface area contributed by atoms with E-state index < -0.39 is 23.8 Å². The van der Waals surface area contributed by atoms with Crippen LogP contribution in [0.25, 0.3) is 11.5 Å². The quantitative estimate of drug-likeness (QED) is 0.505. The van der Waals surface area contributed by atoms with Crippen LogP contribution in [0.15, 0.2) is 57.7 Å². The van der Waals surface area contributed by atoms with Crippen LogP contribution < -0.4 is 0 Å². The third-order valence-corrected chi connectivity index (χ3v) is 4.24. The van der Waals surface area contributed by atoms with Gasteiger partial charge in [0.25, 0.3) is 11.8 Å². The summed E-state index contributed by atoms with van der Waals surface area (Å²) < 4.78 is 15.5. The standard InChI is InChI=1S/C19H14N2O6/c1-11(21-17(22)13-5-2-3-6-14(13)18(21)23)19(24)26-10-12-9-16(27-20-12)15-7-4-8-25-15/h2-9,11H,10H2,1H3/t11-/m1/s1. The molecule has 0 aliphatic carbocycles. The minimum Gasteiger partial charge on any atom is -0.461 e. The van der Waals surface area contributed by atoms with Crippen molar-refractivity contribution in [3.05, 3.63) is 65.5 Å². The SMILES string of the molecule is C[C@H](C(=O)OCc1cc(-c2ccco2)on1)N1C(=O)c2ccccc2C1=O. The van der Waals surface area contributed by atoms with Gasteiger partial charge in [0.1, 0.15) is 18.3 Å². The summed E-state index contributed by atoms with van der Waals surface area (Å²) in [5.41, 5.74) is 0.938. The van der Waals surface area contributed by atoms with Gasteiger partial charge in [0, 0.05) is 6.07 Å². The summed E-state index contributed by atoms with van der Waals surface area (Å²) in [4.78, 5) is 38.1. The summed E-state index contributed by atoms with van der Waals surface area (Å²) in [5, 5.41) is 3.80. The molecular weight excluding hydrogens is 352 g/mol. The van der Waals surface area contributed by atoms with E-state index in [0.717, 1.165) is 4.90 Å². The number of hydrogen-bond donors (Lipinski definition) is 0. The summed E-state index contributed by atoms with van der Waals surface area (Å²) >= 11 is 0. The number of imide groups is 1. The molecule has 27 heavy (non-hydrogen) atoms. The van der Waals surface area contributed by atoms with Crippen LogP contribution in [-0.4, -0.2) is 33.9 Å². The van der Waals surface area contributed by atoms with Gasteiger partial charge >= 0.3 is 5.97 Å². The second kappa shape index (κ2) is 6.56. The largest absolute Gasteiger partial charge is 0.461 e. The van der Waals surface area contributed by atoms with Crippen molar-refractivity contribution in [3.8, 4) is 11.5 Å². The van der Waals surface area contributed by atoms with Crippen LogP contribution >= 0.6 is 0 Å². The Kier molecular flexibility index (Phi) is 4.08. The summed E-state index contributed by atoms with van der Waals surface area (Å²) in [6.45, 7) is 1.29. The van der Waals surface area contributed by atoms with Crippen molar-refractivity contribution in [1.82, 2.24) is 10.1 Å². The number of benzene rings is 1. The molecule has 2 aromatic heterocycles. The lowest BCUT2D eigenvalue weighted by molar-refractivity contribution is -0.149. The van der Waals surface area contributed by atoms with Gasteiger partial charge in [0.2, 0.25) is 5.76 Å². The summed E-state index contributed by atoms with van der Waals surface area (Å²) in [6, 6.07) is 10.4. The molecule has 136 valence electrons. The molecule has 1 aliphatic heterocycles. The molecule has 0 saturated heterocycles. The molecule has 0 unspecified atom stereocenters. The van der Waals surface area contributed by atoms with Gasteiger partial charge in [-0.1, -0.05) is 17.3 Å². The molecule has 1 aromatic carbocycles. The number of hydrogen-bond acceptors (Lipinski definition) is 7. The van der Waals surface area contributed by atoms with Crippen LogP contribution in [0.1, 0.15) is 33.3 Å². The number of nitrogens with zero attached hydrogens (tertiary/aromatic N) is 2. The van der Waals surface area contributed by atoms with Crippen LogP contribution in [-0.2, 0) is 16.1 Å². The van der Waals surface area contributed by atoms with E-state index in [4.69, 9.17) is 13.7 Å². The predicted molar refractivity (Wildman–Crippen MR) is 90.4 cm³/mol. The zero-order chi connectivity index (χ0) is 19.0. The molecule has 0 fully saturated rings. The predicted octanol–water partition coefficient (Wildman–Crippen LogP) is 2.66. The van der Waals surface area contributed by atoms with Crippen molar-refractivity contribution in [3.63, 3.8) is 0 Å². The first kappa shape index (κ1) is 16.8. The number of furan rings is 1. The Morgan fingerprint density at radius 1 is 1.11 bits per heavy atom. The molecular formula is C19H14N2O6. The van der Waals surface area contributed by atoms with Crippen molar-refractivity contribution in [1.29, 1.82) is 0 Å². The molecule has 0 N–H and O–H groups in total. The van der Waals surface area contributed by atoms with E-state index in [0.29, 0.717) is 17.2 Å². The highest BCUT2D eigenvalue weighted by molar-refractivity contribution is 6.22. The minimum atomic E-state index is -1.06. The number of aromatic nitrogens is 1. The van der Waals surface area contributed by atoms with Crippen LogP contribution in [0.4, 0.5) is 0 Å². The van der Waals surface area contributed by atoms with E-state index in [1.165, 1.54) is 13.2 Å². The zero-order valence-electron chi connectivity index (χ0n) is 14.2. The number of rotatable bonds is 5. The fourth-order valence-electron chi connectivity index (χ4n) is 2.85. The van der Waals surface area contributed by atoms with Crippen LogP contribution in [0.5, 0.6) is 0 Å². The third-order valence-electron chi connectivity index (χ3n) is 4.24. The molecule has 0 radical (unpaired) electrons. The fourth-order valence-corrected chi connectivity index (χ4v) is 2.85. The average molecular weight is 366 g/mol. The second-order valence-corrected chi connectivity index (χ2v) is 5.97.